The molecule has 0 spiro atoms. The van der Waals surface area contributed by atoms with Crippen molar-refractivity contribution in [2.45, 2.75) is 143 Å². The zero-order valence-electron chi connectivity index (χ0n) is 79.6. The van der Waals surface area contributed by atoms with E-state index in [4.69, 9.17) is 28.9 Å². The third-order valence-electron chi connectivity index (χ3n) is 16.2. The lowest BCUT2D eigenvalue weighted by Crippen LogP contribution is -2.34. The summed E-state index contributed by atoms with van der Waals surface area (Å²) in [6.45, 7) is -5.76. The molecule has 5 nitrogen and oxygen atoms in total. The second kappa shape index (κ2) is 21.0. The highest BCUT2D eigenvalue weighted by molar-refractivity contribution is 6.09. The number of aromatic nitrogens is 4. The Kier molecular flexibility index (Phi) is 7.78. The fourth-order valence-corrected chi connectivity index (χ4v) is 11.4. The summed E-state index contributed by atoms with van der Waals surface area (Å²) in [6.07, 6.45) is -4.67. The zero-order chi connectivity index (χ0) is 86.7. The molecule has 0 aliphatic heterocycles. The van der Waals surface area contributed by atoms with Gasteiger partial charge in [-0.1, -0.05) is 235 Å². The number of fused-ring (bicyclic) bond motifs is 5. The number of aryl methyl sites for hydroxylation is 2. The van der Waals surface area contributed by atoms with Crippen molar-refractivity contribution in [1.82, 2.24) is 14.1 Å². The van der Waals surface area contributed by atoms with Crippen LogP contribution in [0.5, 0.6) is 11.5 Å². The van der Waals surface area contributed by atoms with E-state index in [9.17, 15) is 21.9 Å². The Morgan fingerprint density at radius 1 is 0.540 bits per heavy atom. The highest BCUT2D eigenvalue weighted by Gasteiger charge is 2.37. The topological polar surface area (TPSA) is 35.9 Å². The second-order valence-corrected chi connectivity index (χ2v) is 25.5. The normalized spacial score (nSPS) is 21.3. The molecule has 3 aromatic heterocycles. The standard InChI is InChI=1S/C82H82N4O/c1-52-40-67(57-30-36-70-71(45-57)82(14,15)39-38-81(70,12)13)77(68(41-52)58-43-60(79(6,7)8)47-61(44-58)80(9,10)11)85-51-84(75-46-56(31-37-73(75)85)54-28-32-59(33-29-54)78(3,4)5)62-24-21-25-63(48-62)87-64-34-35-66-65-26-19-20-27-72(65)86(74(66)49-64)76-42-53(2)69(50-83-76)55-22-17-16-18-23-55/h16-37,40-50H,38-39H2,1-15H3/i1D3,2D3,12D3,13D3,14D3,15D3,16D,17D,18D,22D,23D,30D,36D,38D2,39D2,45D. The summed E-state index contributed by atoms with van der Waals surface area (Å²) in [5.41, 5.74) is -11.2. The average molecular weight is 1170 g/mol. The molecule has 0 saturated carbocycles. The minimum Gasteiger partial charge on any atom is -0.458 e. The van der Waals surface area contributed by atoms with Crippen molar-refractivity contribution in [3.8, 4) is 73.2 Å². The molecule has 0 atom stereocenters. The first-order valence-corrected chi connectivity index (χ1v) is 28.6. The predicted octanol–water partition coefficient (Wildman–Crippen LogP) is 21.5. The van der Waals surface area contributed by atoms with Gasteiger partial charge in [-0.3, -0.25) is 13.7 Å². The number of ether oxygens (including phenoxy) is 1. The van der Waals surface area contributed by atoms with Gasteiger partial charge >= 0.3 is 0 Å². The van der Waals surface area contributed by atoms with Gasteiger partial charge in [0, 0.05) is 58.8 Å². The first-order chi connectivity index (χ1) is 53.6. The number of nitrogens with zero attached hydrogens (tertiary/aromatic N) is 4. The summed E-state index contributed by atoms with van der Waals surface area (Å²) in [5, 5.41) is 1.39. The monoisotopic (exact) mass is 1170 g/mol. The molecular formula is C82H82N4O. The molecule has 1 aliphatic rings. The Morgan fingerprint density at radius 3 is 1.92 bits per heavy atom. The van der Waals surface area contributed by atoms with Crippen LogP contribution >= 0.6 is 0 Å². The van der Waals surface area contributed by atoms with Crippen LogP contribution in [0.4, 0.5) is 0 Å². The number of imidazole rings is 1. The average Bonchev–Trinajstić information content (AvgIpc) is 0.883. The Morgan fingerprint density at radius 2 is 1.22 bits per heavy atom. The molecule has 0 bridgehead atoms. The first-order valence-electron chi connectivity index (χ1n) is 43.6. The maximum absolute atomic E-state index is 10.6. The van der Waals surface area contributed by atoms with E-state index in [1.165, 1.54) is 22.9 Å². The van der Waals surface area contributed by atoms with Crippen molar-refractivity contribution in [1.29, 1.82) is 0 Å². The van der Waals surface area contributed by atoms with Gasteiger partial charge in [-0.2, -0.15) is 0 Å². The highest BCUT2D eigenvalue weighted by atomic mass is 16.5. The summed E-state index contributed by atoms with van der Waals surface area (Å²) in [7, 11) is 0. The molecule has 436 valence electrons. The van der Waals surface area contributed by atoms with Crippen LogP contribution in [0.1, 0.15) is 183 Å². The van der Waals surface area contributed by atoms with Gasteiger partial charge in [0.1, 0.15) is 17.3 Å². The Hall–Kier alpha value is -8.80. The van der Waals surface area contributed by atoms with Crippen LogP contribution in [0.15, 0.2) is 200 Å². The van der Waals surface area contributed by atoms with Crippen LogP contribution in [0.25, 0.3) is 94.5 Å². The molecule has 0 unspecified atom stereocenters. The molecule has 12 aromatic rings. The largest absolute Gasteiger partial charge is 0.458 e. The SMILES string of the molecule is [2H]c1c([2H])c([2H])c(-c2cnc(-n3c4ccccc4c4ccc(Oc5cccc(-n6[c-][n+](-c7c(-c8cc(C(C)(C)C)cc(C(C)(C)C)c8)cc(C([2H])([2H])[2H])cc7-c7c([2H])c([2H])c8c(c7[2H])C(C([2H])([2H])[2H])(C([2H])([2H])[2H])C([2H])([2H])C([2H])([2H])C8(C([2H])([2H])[2H])C([2H])([2H])[2H])c7ccc(-c8ccc(C(C)(C)C)cc8)cc76)c5)cc43)cc2C([2H])([2H])[2H])c([2H])c1[2H]. The zero-order valence-corrected chi connectivity index (χ0v) is 49.6. The Balaban J connectivity index is 1.13. The van der Waals surface area contributed by atoms with Crippen molar-refractivity contribution < 1.29 is 50.4 Å². The van der Waals surface area contributed by atoms with Gasteiger partial charge < -0.3 is 4.74 Å². The van der Waals surface area contributed by atoms with Gasteiger partial charge in [0.25, 0.3) is 6.33 Å². The van der Waals surface area contributed by atoms with Gasteiger partial charge in [0.2, 0.25) is 0 Å². The van der Waals surface area contributed by atoms with E-state index < -0.39 is 152 Å². The lowest BCUT2D eigenvalue weighted by atomic mass is 9.63. The molecule has 0 amide bonds. The smallest absolute Gasteiger partial charge is 0.269 e. The first kappa shape index (κ1) is 32.3. The summed E-state index contributed by atoms with van der Waals surface area (Å²) in [5.74, 6) is 0.524. The molecule has 3 heterocycles. The van der Waals surface area contributed by atoms with Crippen molar-refractivity contribution >= 4 is 32.8 Å². The minimum atomic E-state index is -4.69. The van der Waals surface area contributed by atoms with Gasteiger partial charge in [-0.15, -0.1) is 0 Å². The lowest BCUT2D eigenvalue weighted by Gasteiger charge is -2.42. The van der Waals surface area contributed by atoms with E-state index in [0.29, 0.717) is 44.3 Å². The molecule has 0 saturated heterocycles. The molecule has 0 N–H and O–H groups in total. The summed E-state index contributed by atoms with van der Waals surface area (Å²) in [6, 6.07) is 33.9. The van der Waals surface area contributed by atoms with Crippen molar-refractivity contribution in [3.05, 3.63) is 245 Å². The Labute approximate surface area is 558 Å². The van der Waals surface area contributed by atoms with Crippen LogP contribution < -0.4 is 9.30 Å². The fourth-order valence-electron chi connectivity index (χ4n) is 11.4. The third-order valence-corrected chi connectivity index (χ3v) is 16.2. The molecule has 1 aliphatic carbocycles. The molecule has 0 fully saturated rings. The molecular weight excluding hydrogens is 1060 g/mol. The maximum atomic E-state index is 10.6. The lowest BCUT2D eigenvalue weighted by molar-refractivity contribution is -0.571. The van der Waals surface area contributed by atoms with Crippen molar-refractivity contribution in [2.24, 2.45) is 0 Å². The molecule has 87 heavy (non-hydrogen) atoms. The van der Waals surface area contributed by atoms with E-state index >= 15 is 0 Å². The van der Waals surface area contributed by atoms with E-state index in [-0.39, 0.29) is 61.8 Å². The van der Waals surface area contributed by atoms with Gasteiger partial charge in [-0.25, -0.2) is 4.98 Å². The third kappa shape index (κ3) is 10.6. The van der Waals surface area contributed by atoms with Gasteiger partial charge in [0.05, 0.1) is 44.4 Å². The second-order valence-electron chi connectivity index (χ2n) is 25.5. The predicted molar refractivity (Wildman–Crippen MR) is 365 cm³/mol. The van der Waals surface area contributed by atoms with Crippen LogP contribution in [0, 0.1) is 20.0 Å². The summed E-state index contributed by atoms with van der Waals surface area (Å²) >= 11 is 0. The van der Waals surface area contributed by atoms with Crippen molar-refractivity contribution in [2.75, 3.05) is 0 Å². The number of hydrogen-bond donors (Lipinski definition) is 0. The summed E-state index contributed by atoms with van der Waals surface area (Å²) < 4.78 is 287. The summed E-state index contributed by atoms with van der Waals surface area (Å²) in [4.78, 5) is 4.72. The number of rotatable bonds is 9. The number of benzene rings is 9. The molecule has 9 aromatic carbocycles. The van der Waals surface area contributed by atoms with Gasteiger partial charge in [0.15, 0.2) is 0 Å². The van der Waals surface area contributed by atoms with E-state index in [0.717, 1.165) is 22.6 Å². The van der Waals surface area contributed by atoms with Crippen molar-refractivity contribution in [3.63, 3.8) is 0 Å². The number of pyridine rings is 1. The molecule has 0 radical (unpaired) electrons. The van der Waals surface area contributed by atoms with Crippen LogP contribution in [-0.2, 0) is 27.1 Å². The van der Waals surface area contributed by atoms with Crippen LogP contribution in [0.2, 0.25) is 0 Å². The molecule has 13 rings (SSSR count). The van der Waals surface area contributed by atoms with Gasteiger partial charge in [-0.05, 0) is 174 Å². The number of hydrogen-bond acceptors (Lipinski definition) is 2. The molecule has 5 heteroatoms. The van der Waals surface area contributed by atoms with Crippen LogP contribution in [0.3, 0.4) is 0 Å². The quantitative estimate of drug-likeness (QED) is 0.107. The van der Waals surface area contributed by atoms with E-state index in [1.807, 2.05) is 90.1 Å². The maximum Gasteiger partial charge on any atom is 0.269 e. The van der Waals surface area contributed by atoms with Crippen LogP contribution in [-0.4, -0.2) is 14.1 Å². The minimum absolute atomic E-state index is 0.0102. The number of para-hydroxylation sites is 1. The Bertz CT molecular complexity index is 5980. The fraction of sp³-hybridized carbons (Fsp3) is 0.268. The highest BCUT2D eigenvalue weighted by Crippen LogP contribution is 2.49. The van der Waals surface area contributed by atoms with E-state index in [2.05, 4.69) is 27.1 Å². The van der Waals surface area contributed by atoms with E-state index in [1.54, 1.807) is 88.0 Å².